The summed E-state index contributed by atoms with van der Waals surface area (Å²) in [5.41, 5.74) is 14.0. The molecule has 318 valence electrons. The van der Waals surface area contributed by atoms with Crippen LogP contribution in [-0.2, 0) is 0 Å². The van der Waals surface area contributed by atoms with Gasteiger partial charge in [-0.15, -0.1) is 0 Å². The van der Waals surface area contributed by atoms with Crippen molar-refractivity contribution in [2.24, 2.45) is 0 Å². The van der Waals surface area contributed by atoms with Crippen molar-refractivity contribution in [2.75, 3.05) is 4.90 Å². The van der Waals surface area contributed by atoms with Crippen LogP contribution >= 0.6 is 0 Å². The summed E-state index contributed by atoms with van der Waals surface area (Å²) in [7, 11) is 0. The van der Waals surface area contributed by atoms with Gasteiger partial charge in [-0.3, -0.25) is 9.59 Å². The summed E-state index contributed by atoms with van der Waals surface area (Å²) in [4.78, 5) is 31.8. The topological polar surface area (TPSA) is 52.2 Å². The highest BCUT2D eigenvalue weighted by atomic mass is 16.2. The Morgan fingerprint density at radius 2 is 0.676 bits per heavy atom. The zero-order chi connectivity index (χ0) is 45.0. The quantitative estimate of drug-likeness (QED) is 0.156. The number of imide groups is 1. The lowest BCUT2D eigenvalue weighted by atomic mass is 9.92. The maximum absolute atomic E-state index is 15.4. The van der Waals surface area contributed by atoms with Gasteiger partial charge in [-0.1, -0.05) is 152 Å². The van der Waals surface area contributed by atoms with E-state index < -0.39 is 0 Å². The molecule has 3 aromatic heterocycles. The van der Waals surface area contributed by atoms with Crippen LogP contribution in [0.15, 0.2) is 231 Å². The predicted molar refractivity (Wildman–Crippen MR) is 278 cm³/mol. The number of fused-ring (bicyclic) bond motifs is 10. The molecule has 0 atom stereocenters. The third kappa shape index (κ3) is 5.40. The number of anilines is 1. The van der Waals surface area contributed by atoms with Gasteiger partial charge < -0.3 is 13.7 Å². The number of nitrogens with zero attached hydrogens (tertiary/aromatic N) is 4. The van der Waals surface area contributed by atoms with Gasteiger partial charge in [-0.2, -0.15) is 0 Å². The molecule has 0 fully saturated rings. The maximum Gasteiger partial charge on any atom is 0.268 e. The Balaban J connectivity index is 1.02. The van der Waals surface area contributed by atoms with Gasteiger partial charge in [-0.25, -0.2) is 4.90 Å². The molecule has 0 N–H and O–H groups in total. The molecule has 6 nitrogen and oxygen atoms in total. The number of hydrogen-bond acceptors (Lipinski definition) is 2. The zero-order valence-corrected chi connectivity index (χ0v) is 36.5. The van der Waals surface area contributed by atoms with E-state index in [-0.39, 0.29) is 11.8 Å². The summed E-state index contributed by atoms with van der Waals surface area (Å²) in [6, 6.07) is 79.2. The van der Waals surface area contributed by atoms with E-state index in [1.165, 1.54) is 26.4 Å². The Morgan fingerprint density at radius 1 is 0.265 bits per heavy atom. The van der Waals surface area contributed by atoms with Crippen molar-refractivity contribution in [3.05, 3.63) is 242 Å². The minimum absolute atomic E-state index is 0.350. The van der Waals surface area contributed by atoms with Crippen LogP contribution in [-0.4, -0.2) is 25.5 Å². The first-order valence-electron chi connectivity index (χ1n) is 22.9. The largest absolute Gasteiger partial charge is 0.309 e. The number of benzene rings is 10. The molecule has 0 spiro atoms. The van der Waals surface area contributed by atoms with Crippen molar-refractivity contribution < 1.29 is 9.59 Å². The SMILES string of the molecule is O=C1c2cccc(-n3c4ccc(-n5c6ccccc6c6ccccc65)cc4c4cc(-n5c6ccccc6c6ccccc65)ccc43)c2C(=O)N1c1cccc(-c2ccccc2)c1-c1ccccc1. The monoisotopic (exact) mass is 870 g/mol. The van der Waals surface area contributed by atoms with Crippen molar-refractivity contribution >= 4 is 82.9 Å². The van der Waals surface area contributed by atoms with Crippen molar-refractivity contribution in [3.8, 4) is 39.3 Å². The zero-order valence-electron chi connectivity index (χ0n) is 36.5. The number of amides is 2. The summed E-state index contributed by atoms with van der Waals surface area (Å²) in [5.74, 6) is -0.709. The van der Waals surface area contributed by atoms with Gasteiger partial charge in [0.25, 0.3) is 11.8 Å². The molecule has 0 bridgehead atoms. The van der Waals surface area contributed by atoms with E-state index in [2.05, 4.69) is 165 Å². The van der Waals surface area contributed by atoms with E-state index in [0.717, 1.165) is 77.5 Å². The van der Waals surface area contributed by atoms with Crippen LogP contribution in [0, 0.1) is 0 Å². The molecule has 0 saturated carbocycles. The minimum atomic E-state index is -0.359. The highest BCUT2D eigenvalue weighted by Gasteiger charge is 2.41. The molecule has 1 aliphatic rings. The van der Waals surface area contributed by atoms with E-state index in [9.17, 15) is 4.79 Å². The van der Waals surface area contributed by atoms with E-state index in [0.29, 0.717) is 22.5 Å². The molecule has 68 heavy (non-hydrogen) atoms. The third-order valence-corrected chi connectivity index (χ3v) is 14.0. The first-order chi connectivity index (χ1) is 33.6. The molecule has 10 aromatic carbocycles. The summed E-state index contributed by atoms with van der Waals surface area (Å²) in [6.45, 7) is 0. The molecule has 2 amide bonds. The number of aromatic nitrogens is 3. The Morgan fingerprint density at radius 3 is 1.18 bits per heavy atom. The molecule has 13 aromatic rings. The van der Waals surface area contributed by atoms with Gasteiger partial charge in [0, 0.05) is 49.3 Å². The van der Waals surface area contributed by atoms with Crippen molar-refractivity contribution in [3.63, 3.8) is 0 Å². The fraction of sp³-hybridized carbons (Fsp3) is 0. The van der Waals surface area contributed by atoms with Crippen molar-refractivity contribution in [1.82, 2.24) is 13.7 Å². The molecular weight excluding hydrogens is 833 g/mol. The van der Waals surface area contributed by atoms with Gasteiger partial charge in [-0.05, 0) is 95.6 Å². The Hall–Kier alpha value is -9.26. The van der Waals surface area contributed by atoms with Crippen LogP contribution in [0.4, 0.5) is 5.69 Å². The molecule has 14 rings (SSSR count). The minimum Gasteiger partial charge on any atom is -0.309 e. The van der Waals surface area contributed by atoms with Gasteiger partial charge in [0.05, 0.1) is 55.6 Å². The molecule has 0 radical (unpaired) electrons. The number of para-hydroxylation sites is 4. The highest BCUT2D eigenvalue weighted by molar-refractivity contribution is 6.37. The lowest BCUT2D eigenvalue weighted by Crippen LogP contribution is -2.30. The lowest BCUT2D eigenvalue weighted by molar-refractivity contribution is 0.0926. The van der Waals surface area contributed by atoms with Crippen LogP contribution in [0.3, 0.4) is 0 Å². The highest BCUT2D eigenvalue weighted by Crippen LogP contribution is 2.45. The van der Waals surface area contributed by atoms with Crippen molar-refractivity contribution in [2.45, 2.75) is 0 Å². The predicted octanol–water partition coefficient (Wildman–Crippen LogP) is 15.1. The first-order valence-corrected chi connectivity index (χ1v) is 22.9. The molecule has 0 unspecified atom stereocenters. The van der Waals surface area contributed by atoms with Crippen LogP contribution < -0.4 is 4.90 Å². The van der Waals surface area contributed by atoms with E-state index >= 15 is 4.79 Å². The average Bonchev–Trinajstić information content (AvgIpc) is 4.10. The van der Waals surface area contributed by atoms with E-state index in [1.54, 1.807) is 6.07 Å². The molecule has 0 saturated heterocycles. The average molecular weight is 871 g/mol. The normalized spacial score (nSPS) is 12.7. The molecular formula is C62H38N4O2. The van der Waals surface area contributed by atoms with Gasteiger partial charge in [0.2, 0.25) is 0 Å². The second kappa shape index (κ2) is 14.6. The fourth-order valence-electron chi connectivity index (χ4n) is 11.1. The van der Waals surface area contributed by atoms with Crippen LogP contribution in [0.1, 0.15) is 20.7 Å². The molecule has 1 aliphatic heterocycles. The number of carbonyl (C=O) groups is 2. The van der Waals surface area contributed by atoms with Crippen LogP contribution in [0.2, 0.25) is 0 Å². The van der Waals surface area contributed by atoms with Crippen molar-refractivity contribution in [1.29, 1.82) is 0 Å². The Kier molecular flexibility index (Phi) is 8.18. The molecule has 6 heteroatoms. The lowest BCUT2D eigenvalue weighted by Gasteiger charge is -2.22. The smallest absolute Gasteiger partial charge is 0.268 e. The molecule has 0 aliphatic carbocycles. The van der Waals surface area contributed by atoms with E-state index in [4.69, 9.17) is 0 Å². The maximum atomic E-state index is 15.4. The number of hydrogen-bond donors (Lipinski definition) is 0. The van der Waals surface area contributed by atoms with Gasteiger partial charge in [0.15, 0.2) is 0 Å². The molecule has 4 heterocycles. The number of carbonyl (C=O) groups excluding carboxylic acids is 2. The number of rotatable bonds is 6. The summed E-state index contributed by atoms with van der Waals surface area (Å²) < 4.78 is 6.87. The van der Waals surface area contributed by atoms with Crippen LogP contribution in [0.25, 0.3) is 105 Å². The summed E-state index contributed by atoms with van der Waals surface area (Å²) >= 11 is 0. The van der Waals surface area contributed by atoms with E-state index in [1.807, 2.05) is 72.8 Å². The van der Waals surface area contributed by atoms with Gasteiger partial charge in [0.1, 0.15) is 0 Å². The first kappa shape index (κ1) is 38.1. The fourth-order valence-corrected chi connectivity index (χ4v) is 11.1. The van der Waals surface area contributed by atoms with Gasteiger partial charge >= 0.3 is 0 Å². The second-order valence-corrected chi connectivity index (χ2v) is 17.6. The summed E-state index contributed by atoms with van der Waals surface area (Å²) in [6.07, 6.45) is 0. The summed E-state index contributed by atoms with van der Waals surface area (Å²) in [5, 5.41) is 6.81. The Labute approximate surface area is 390 Å². The van der Waals surface area contributed by atoms with Crippen LogP contribution in [0.5, 0.6) is 0 Å². The second-order valence-electron chi connectivity index (χ2n) is 17.6. The third-order valence-electron chi connectivity index (χ3n) is 14.0. The Bertz CT molecular complexity index is 3970. The standard InChI is InChI=1S/C62H38N4O2/c67-61-48-26-16-32-58(60(48)62(68)66(61)57-31-15-25-43(39-17-3-1-4-18-39)59(57)40-19-5-2-6-20-40)65-55-35-33-41(63-51-27-11-7-21-44(51)45-22-8-12-28-52(45)63)37-49(55)50-38-42(34-36-56(50)65)64-53-29-13-9-23-46(53)47-24-10-14-30-54(47)64/h1-38H.